The Hall–Kier alpha value is -3.49. The Balaban J connectivity index is 1.25. The maximum Gasteiger partial charge on any atom is 0.166 e. The molecule has 39 heavy (non-hydrogen) atoms. The average Bonchev–Trinajstić information content (AvgIpc) is 3.34. The first-order chi connectivity index (χ1) is 19.0. The van der Waals surface area contributed by atoms with Crippen molar-refractivity contribution in [2.75, 3.05) is 6.54 Å². The van der Waals surface area contributed by atoms with Crippen LogP contribution in [0.1, 0.15) is 56.6 Å². The third-order valence-corrected chi connectivity index (χ3v) is 8.12. The first kappa shape index (κ1) is 27.1. The minimum absolute atomic E-state index is 0.0164. The van der Waals surface area contributed by atoms with Gasteiger partial charge >= 0.3 is 0 Å². The van der Waals surface area contributed by atoms with Crippen molar-refractivity contribution in [1.29, 1.82) is 0 Å². The van der Waals surface area contributed by atoms with Crippen LogP contribution < -0.4 is 10.1 Å². The zero-order chi connectivity index (χ0) is 27.2. The van der Waals surface area contributed by atoms with Gasteiger partial charge in [-0.1, -0.05) is 38.3 Å². The molecule has 1 aliphatic carbocycles. The van der Waals surface area contributed by atoms with E-state index in [1.807, 2.05) is 18.3 Å². The van der Waals surface area contributed by atoms with Crippen LogP contribution in [0.5, 0.6) is 11.5 Å². The van der Waals surface area contributed by atoms with Gasteiger partial charge in [0.15, 0.2) is 11.6 Å². The van der Waals surface area contributed by atoms with Gasteiger partial charge in [0, 0.05) is 37.8 Å². The lowest BCUT2D eigenvalue weighted by Crippen LogP contribution is -2.18. The van der Waals surface area contributed by atoms with Gasteiger partial charge in [-0.2, -0.15) is 0 Å². The quantitative estimate of drug-likeness (QED) is 0.143. The largest absolute Gasteiger partial charge is 0.453 e. The van der Waals surface area contributed by atoms with Gasteiger partial charge < -0.3 is 10.1 Å². The molecule has 1 N–H and O–H groups in total. The lowest BCUT2D eigenvalue weighted by Gasteiger charge is -2.24. The van der Waals surface area contributed by atoms with Crippen LogP contribution in [0.25, 0.3) is 20.8 Å². The second kappa shape index (κ2) is 12.6. The van der Waals surface area contributed by atoms with E-state index in [4.69, 9.17) is 4.74 Å². The number of nitrogens with zero attached hydrogens (tertiary/aromatic N) is 2. The van der Waals surface area contributed by atoms with Crippen molar-refractivity contribution in [1.82, 2.24) is 15.3 Å². The third kappa shape index (κ3) is 6.94. The highest BCUT2D eigenvalue weighted by molar-refractivity contribution is 7.22. The Kier molecular flexibility index (Phi) is 8.74. The van der Waals surface area contributed by atoms with E-state index in [9.17, 15) is 14.0 Å². The number of hydrogen-bond acceptors (Lipinski definition) is 7. The summed E-state index contributed by atoms with van der Waals surface area (Å²) in [7, 11) is 0. The molecule has 202 valence electrons. The molecule has 0 radical (unpaired) electrons. The highest BCUT2D eigenvalue weighted by atomic mass is 32.1. The van der Waals surface area contributed by atoms with Crippen molar-refractivity contribution in [3.05, 3.63) is 71.8 Å². The van der Waals surface area contributed by atoms with Crippen molar-refractivity contribution < 1.29 is 18.7 Å². The summed E-state index contributed by atoms with van der Waals surface area (Å²) in [6.45, 7) is 3.88. The van der Waals surface area contributed by atoms with Crippen LogP contribution in [-0.4, -0.2) is 28.1 Å². The topological polar surface area (TPSA) is 81.2 Å². The van der Waals surface area contributed by atoms with E-state index >= 15 is 0 Å². The normalized spacial score (nSPS) is 13.4. The number of ether oxygens (including phenoxy) is 1. The predicted octanol–water partition coefficient (Wildman–Crippen LogP) is 7.05. The summed E-state index contributed by atoms with van der Waals surface area (Å²) < 4.78 is 21.7. The molecule has 0 saturated heterocycles. The van der Waals surface area contributed by atoms with Crippen molar-refractivity contribution in [3.8, 4) is 22.1 Å². The SMILES string of the molecule is CCCNCc1ccc(-c2cc3nccc(Oc4ccc(CC(=O)CC(=O)CC5CCC5)cc4F)c3s2)nc1. The molecule has 0 amide bonds. The fourth-order valence-electron chi connectivity index (χ4n) is 4.66. The number of nitrogens with one attached hydrogen (secondary N) is 1. The molecule has 5 rings (SSSR count). The van der Waals surface area contributed by atoms with Gasteiger partial charge in [0.2, 0.25) is 0 Å². The number of aromatic nitrogens is 2. The van der Waals surface area contributed by atoms with Gasteiger partial charge in [0.1, 0.15) is 17.3 Å². The Morgan fingerprint density at radius 3 is 2.62 bits per heavy atom. The second-order valence-corrected chi connectivity index (χ2v) is 11.2. The van der Waals surface area contributed by atoms with E-state index in [1.54, 1.807) is 18.3 Å². The zero-order valence-electron chi connectivity index (χ0n) is 22.0. The number of carbonyl (C=O) groups excluding carboxylic acids is 2. The number of rotatable bonds is 13. The molecule has 8 heteroatoms. The monoisotopic (exact) mass is 545 g/mol. The number of hydrogen-bond donors (Lipinski definition) is 1. The van der Waals surface area contributed by atoms with Gasteiger partial charge in [-0.05, 0) is 54.3 Å². The molecule has 0 atom stereocenters. The molecule has 0 spiro atoms. The van der Waals surface area contributed by atoms with E-state index in [1.165, 1.54) is 29.9 Å². The number of carbonyl (C=O) groups is 2. The van der Waals surface area contributed by atoms with E-state index in [0.29, 0.717) is 23.7 Å². The summed E-state index contributed by atoms with van der Waals surface area (Å²) >= 11 is 1.49. The first-order valence-corrected chi connectivity index (χ1v) is 14.3. The smallest absolute Gasteiger partial charge is 0.166 e. The van der Waals surface area contributed by atoms with Crippen LogP contribution in [0.3, 0.4) is 0 Å². The van der Waals surface area contributed by atoms with Crippen LogP contribution in [0.4, 0.5) is 4.39 Å². The molecule has 0 bridgehead atoms. The Morgan fingerprint density at radius 2 is 1.90 bits per heavy atom. The van der Waals surface area contributed by atoms with Gasteiger partial charge in [-0.25, -0.2) is 4.39 Å². The van der Waals surface area contributed by atoms with Gasteiger partial charge in [0.25, 0.3) is 0 Å². The minimum atomic E-state index is -0.559. The Labute approximate surface area is 231 Å². The highest BCUT2D eigenvalue weighted by Crippen LogP contribution is 2.39. The summed E-state index contributed by atoms with van der Waals surface area (Å²) in [5, 5.41) is 3.37. The summed E-state index contributed by atoms with van der Waals surface area (Å²) in [5.41, 5.74) is 3.24. The summed E-state index contributed by atoms with van der Waals surface area (Å²) in [5.74, 6) is 0.243. The number of halogens is 1. The van der Waals surface area contributed by atoms with E-state index in [-0.39, 0.29) is 30.2 Å². The number of ketones is 2. The lowest BCUT2D eigenvalue weighted by molar-refractivity contribution is -0.127. The molecule has 0 unspecified atom stereocenters. The summed E-state index contributed by atoms with van der Waals surface area (Å²) in [4.78, 5) is 34.5. The molecular weight excluding hydrogens is 513 g/mol. The fourth-order valence-corrected chi connectivity index (χ4v) is 5.70. The van der Waals surface area contributed by atoms with Gasteiger partial charge in [0.05, 0.1) is 27.2 Å². The summed E-state index contributed by atoms with van der Waals surface area (Å²) in [6, 6.07) is 12.2. The van der Waals surface area contributed by atoms with Crippen molar-refractivity contribution in [3.63, 3.8) is 0 Å². The second-order valence-electron chi connectivity index (χ2n) is 10.2. The molecule has 1 saturated carbocycles. The van der Waals surface area contributed by atoms with Gasteiger partial charge in [-0.3, -0.25) is 19.6 Å². The maximum atomic E-state index is 15.0. The summed E-state index contributed by atoms with van der Waals surface area (Å²) in [6.07, 6.45) is 8.34. The molecule has 6 nitrogen and oxygen atoms in total. The number of pyridine rings is 2. The minimum Gasteiger partial charge on any atom is -0.453 e. The Bertz CT molecular complexity index is 1460. The third-order valence-electron chi connectivity index (χ3n) is 6.96. The van der Waals surface area contributed by atoms with Crippen LogP contribution in [0.2, 0.25) is 0 Å². The number of thiophene rings is 1. The molecule has 3 aromatic heterocycles. The number of fused-ring (bicyclic) bond motifs is 1. The number of Topliss-reactive ketones (excluding diaryl/α,β-unsaturated/α-hetero) is 2. The van der Waals surface area contributed by atoms with Crippen molar-refractivity contribution >= 4 is 33.1 Å². The first-order valence-electron chi connectivity index (χ1n) is 13.5. The molecule has 0 aliphatic heterocycles. The zero-order valence-corrected chi connectivity index (χ0v) is 22.9. The standard InChI is InChI=1S/C31H32FN3O3S/c1-2-11-33-18-22-6-8-26(35-19-22)30-17-27-31(39-30)29(10-12-34-27)38-28-9-7-21(15-25(28)32)14-24(37)16-23(36)13-20-4-3-5-20/h6-10,12,15,17,19-20,33H,2-5,11,13-14,16,18H2,1H3. The van der Waals surface area contributed by atoms with E-state index in [2.05, 4.69) is 28.3 Å². The van der Waals surface area contributed by atoms with Crippen molar-refractivity contribution in [2.45, 2.75) is 58.4 Å². The Morgan fingerprint density at radius 1 is 1.05 bits per heavy atom. The average molecular weight is 546 g/mol. The predicted molar refractivity (Wildman–Crippen MR) is 152 cm³/mol. The maximum absolute atomic E-state index is 15.0. The van der Waals surface area contributed by atoms with Crippen LogP contribution >= 0.6 is 11.3 Å². The van der Waals surface area contributed by atoms with Crippen LogP contribution in [0.15, 0.2) is 54.9 Å². The molecule has 1 aromatic carbocycles. The number of benzene rings is 1. The van der Waals surface area contributed by atoms with Crippen LogP contribution in [0, 0.1) is 11.7 Å². The van der Waals surface area contributed by atoms with Gasteiger partial charge in [-0.15, -0.1) is 11.3 Å². The molecule has 1 fully saturated rings. The lowest BCUT2D eigenvalue weighted by atomic mass is 9.81. The molecular formula is C31H32FN3O3S. The van der Waals surface area contributed by atoms with E-state index < -0.39 is 5.82 Å². The van der Waals surface area contributed by atoms with E-state index in [0.717, 1.165) is 58.7 Å². The molecule has 3 heterocycles. The van der Waals surface area contributed by atoms with Crippen molar-refractivity contribution in [2.24, 2.45) is 5.92 Å². The van der Waals surface area contributed by atoms with Crippen LogP contribution in [-0.2, 0) is 22.6 Å². The highest BCUT2D eigenvalue weighted by Gasteiger charge is 2.22. The molecule has 4 aromatic rings. The molecule has 1 aliphatic rings. The fraction of sp³-hybridized carbons (Fsp3) is 0.355.